The van der Waals surface area contributed by atoms with Crippen LogP contribution >= 0.6 is 11.6 Å². The number of fused-ring (bicyclic) bond motifs is 1. The first-order valence-electron chi connectivity index (χ1n) is 10.7. The van der Waals surface area contributed by atoms with Crippen LogP contribution in [-0.4, -0.2) is 27.7 Å². The SMILES string of the molecule is C=CCn1nc(-c2cccc([N+](=O)[O-])c2)c2c(c(OS(=O)(=O)c3ccc(C)cc3)c(Cl)c(=O)n2C)c1=O. The predicted octanol–water partition coefficient (Wildman–Crippen LogP) is 3.59. The van der Waals surface area contributed by atoms with Gasteiger partial charge in [-0.05, 0) is 19.1 Å². The molecule has 0 spiro atoms. The molecule has 2 aromatic carbocycles. The van der Waals surface area contributed by atoms with Gasteiger partial charge in [-0.15, -0.1) is 6.58 Å². The normalized spacial score (nSPS) is 11.4. The van der Waals surface area contributed by atoms with Gasteiger partial charge in [0.05, 0.1) is 17.0 Å². The number of nitrogens with zero attached hydrogens (tertiary/aromatic N) is 4. The molecule has 0 radical (unpaired) electrons. The van der Waals surface area contributed by atoms with Crippen molar-refractivity contribution in [3.63, 3.8) is 0 Å². The molecule has 0 unspecified atom stereocenters. The van der Waals surface area contributed by atoms with E-state index in [9.17, 15) is 28.1 Å². The minimum Gasteiger partial charge on any atom is -0.376 e. The largest absolute Gasteiger partial charge is 0.376 e. The van der Waals surface area contributed by atoms with Gasteiger partial charge in [0.2, 0.25) is 0 Å². The molecule has 4 rings (SSSR count). The monoisotopic (exact) mass is 542 g/mol. The Labute approximate surface area is 215 Å². The number of halogens is 1. The Hall–Kier alpha value is -4.29. The fourth-order valence-corrected chi connectivity index (χ4v) is 4.95. The molecule has 11 nitrogen and oxygen atoms in total. The van der Waals surface area contributed by atoms with Crippen LogP contribution in [0.1, 0.15) is 5.56 Å². The number of hydrogen-bond donors (Lipinski definition) is 0. The summed E-state index contributed by atoms with van der Waals surface area (Å²) in [6.45, 7) is 5.27. The van der Waals surface area contributed by atoms with Crippen LogP contribution in [0.3, 0.4) is 0 Å². The van der Waals surface area contributed by atoms with E-state index in [0.717, 1.165) is 14.8 Å². The van der Waals surface area contributed by atoms with Crippen molar-refractivity contribution >= 4 is 38.3 Å². The topological polar surface area (TPSA) is 143 Å². The molecule has 0 saturated heterocycles. The van der Waals surface area contributed by atoms with Gasteiger partial charge in [-0.1, -0.05) is 47.5 Å². The molecule has 0 aliphatic rings. The van der Waals surface area contributed by atoms with Crippen molar-refractivity contribution in [1.82, 2.24) is 14.3 Å². The van der Waals surface area contributed by atoms with E-state index in [1.165, 1.54) is 49.5 Å². The third-order valence-corrected chi connectivity index (χ3v) is 7.09. The van der Waals surface area contributed by atoms with E-state index in [4.69, 9.17) is 15.8 Å². The quantitative estimate of drug-likeness (QED) is 0.149. The second-order valence-corrected chi connectivity index (χ2v) is 9.94. The summed E-state index contributed by atoms with van der Waals surface area (Å²) in [5, 5.41) is 14.7. The lowest BCUT2D eigenvalue weighted by Gasteiger charge is -2.17. The zero-order valence-electron chi connectivity index (χ0n) is 19.5. The molecule has 0 saturated carbocycles. The van der Waals surface area contributed by atoms with Crippen LogP contribution in [0.2, 0.25) is 5.02 Å². The van der Waals surface area contributed by atoms with Gasteiger partial charge in [-0.25, -0.2) is 4.68 Å². The lowest BCUT2D eigenvalue weighted by Crippen LogP contribution is -2.29. The fraction of sp³-hybridized carbons (Fsp3) is 0.125. The van der Waals surface area contributed by atoms with E-state index in [0.29, 0.717) is 0 Å². The molecule has 0 N–H and O–H groups in total. The van der Waals surface area contributed by atoms with Crippen molar-refractivity contribution in [1.29, 1.82) is 0 Å². The number of nitro groups is 1. The van der Waals surface area contributed by atoms with Gasteiger partial charge in [0.1, 0.15) is 16.0 Å². The summed E-state index contributed by atoms with van der Waals surface area (Å²) in [4.78, 5) is 37.1. The third kappa shape index (κ3) is 4.63. The first-order valence-corrected chi connectivity index (χ1v) is 12.4. The molecule has 0 atom stereocenters. The molecular weight excluding hydrogens is 524 g/mol. The van der Waals surface area contributed by atoms with Gasteiger partial charge in [0, 0.05) is 24.7 Å². The number of nitro benzene ring substituents is 1. The van der Waals surface area contributed by atoms with Gasteiger partial charge in [-0.2, -0.15) is 13.5 Å². The molecule has 0 aliphatic carbocycles. The average Bonchev–Trinajstić information content (AvgIpc) is 2.86. The number of aromatic nitrogens is 3. The molecule has 0 aliphatic heterocycles. The third-order valence-electron chi connectivity index (χ3n) is 5.52. The molecule has 0 fully saturated rings. The van der Waals surface area contributed by atoms with E-state index >= 15 is 0 Å². The molecular formula is C24H19ClN4O7S. The van der Waals surface area contributed by atoms with Gasteiger partial charge in [0.25, 0.3) is 16.8 Å². The van der Waals surface area contributed by atoms with Crippen molar-refractivity contribution in [2.75, 3.05) is 0 Å². The maximum atomic E-state index is 13.5. The van der Waals surface area contributed by atoms with Crippen LogP contribution in [0.5, 0.6) is 5.75 Å². The van der Waals surface area contributed by atoms with Crippen molar-refractivity contribution in [2.45, 2.75) is 18.4 Å². The van der Waals surface area contributed by atoms with Crippen LogP contribution in [0.15, 0.2) is 75.7 Å². The average molecular weight is 543 g/mol. The summed E-state index contributed by atoms with van der Waals surface area (Å²) in [6.07, 6.45) is 1.38. The summed E-state index contributed by atoms with van der Waals surface area (Å²) in [5.41, 5.74) is -1.05. The second kappa shape index (κ2) is 9.64. The minimum absolute atomic E-state index is 0.00556. The molecule has 2 heterocycles. The van der Waals surface area contributed by atoms with Gasteiger partial charge < -0.3 is 8.75 Å². The smallest absolute Gasteiger partial charge is 0.339 e. The van der Waals surface area contributed by atoms with E-state index in [2.05, 4.69) is 11.7 Å². The van der Waals surface area contributed by atoms with Crippen LogP contribution in [0.4, 0.5) is 5.69 Å². The van der Waals surface area contributed by atoms with E-state index in [-0.39, 0.29) is 39.3 Å². The molecule has 0 amide bonds. The van der Waals surface area contributed by atoms with Crippen LogP contribution in [0.25, 0.3) is 22.2 Å². The van der Waals surface area contributed by atoms with E-state index < -0.39 is 36.9 Å². The second-order valence-electron chi connectivity index (χ2n) is 8.01. The Morgan fingerprint density at radius 1 is 1.16 bits per heavy atom. The summed E-state index contributed by atoms with van der Waals surface area (Å²) in [6, 6.07) is 11.1. The number of pyridine rings is 1. The molecule has 0 bridgehead atoms. The predicted molar refractivity (Wildman–Crippen MR) is 138 cm³/mol. The van der Waals surface area contributed by atoms with Crippen molar-refractivity contribution in [3.8, 4) is 17.0 Å². The first kappa shape index (κ1) is 25.8. The van der Waals surface area contributed by atoms with E-state index in [1.807, 2.05) is 0 Å². The molecule has 37 heavy (non-hydrogen) atoms. The molecule has 13 heteroatoms. The van der Waals surface area contributed by atoms with Gasteiger partial charge >= 0.3 is 10.1 Å². The maximum absolute atomic E-state index is 13.5. The zero-order valence-corrected chi connectivity index (χ0v) is 21.1. The summed E-state index contributed by atoms with van der Waals surface area (Å²) in [7, 11) is -3.21. The molecule has 4 aromatic rings. The maximum Gasteiger partial charge on any atom is 0.339 e. The van der Waals surface area contributed by atoms with Crippen molar-refractivity contribution in [2.24, 2.45) is 7.05 Å². The Balaban J connectivity index is 2.12. The minimum atomic E-state index is -4.52. The standard InChI is InChI=1S/C24H19ClN4O7S/c1-4-12-28-23(30)18-21(20(26-28)15-6-5-7-16(13-15)29(32)33)27(3)24(31)19(25)22(18)36-37(34,35)17-10-8-14(2)9-11-17/h4-11,13H,1,12H2,2-3H3. The fourth-order valence-electron chi connectivity index (χ4n) is 3.70. The highest BCUT2D eigenvalue weighted by atomic mass is 35.5. The Kier molecular flexibility index (Phi) is 6.72. The first-order chi connectivity index (χ1) is 17.5. The van der Waals surface area contributed by atoms with Gasteiger partial charge in [-0.3, -0.25) is 19.7 Å². The Morgan fingerprint density at radius 3 is 2.46 bits per heavy atom. The number of hydrogen-bond acceptors (Lipinski definition) is 8. The molecule has 190 valence electrons. The number of allylic oxidation sites excluding steroid dienone is 1. The van der Waals surface area contributed by atoms with Crippen LogP contribution < -0.4 is 15.3 Å². The van der Waals surface area contributed by atoms with Gasteiger partial charge in [0.15, 0.2) is 10.8 Å². The highest BCUT2D eigenvalue weighted by Gasteiger charge is 2.28. The van der Waals surface area contributed by atoms with Crippen LogP contribution in [0, 0.1) is 17.0 Å². The summed E-state index contributed by atoms with van der Waals surface area (Å²) < 4.78 is 33.5. The number of non-ortho nitro benzene ring substituents is 1. The summed E-state index contributed by atoms with van der Waals surface area (Å²) in [5.74, 6) is -0.669. The number of rotatable bonds is 7. The van der Waals surface area contributed by atoms with Crippen molar-refractivity contribution < 1.29 is 17.5 Å². The Bertz CT molecular complexity index is 1810. The Morgan fingerprint density at radius 2 is 1.84 bits per heavy atom. The highest BCUT2D eigenvalue weighted by Crippen LogP contribution is 2.35. The number of benzene rings is 2. The van der Waals surface area contributed by atoms with Crippen molar-refractivity contribution in [3.05, 3.63) is 103 Å². The highest BCUT2D eigenvalue weighted by molar-refractivity contribution is 7.87. The number of aryl methyl sites for hydroxylation is 2. The lowest BCUT2D eigenvalue weighted by atomic mass is 10.1. The van der Waals surface area contributed by atoms with Crippen LogP contribution in [-0.2, 0) is 23.7 Å². The summed E-state index contributed by atoms with van der Waals surface area (Å²) >= 11 is 6.26. The zero-order chi connectivity index (χ0) is 27.1. The van der Waals surface area contributed by atoms with E-state index in [1.54, 1.807) is 19.1 Å². The molecule has 2 aromatic heterocycles. The lowest BCUT2D eigenvalue weighted by molar-refractivity contribution is -0.384.